The molecule has 1 fully saturated rings. The maximum atomic E-state index is 11.4. The van der Waals surface area contributed by atoms with E-state index in [9.17, 15) is 15.2 Å². The van der Waals surface area contributed by atoms with Crippen LogP contribution in [0.1, 0.15) is 17.2 Å². The van der Waals surface area contributed by atoms with E-state index in [2.05, 4.69) is 10.2 Å². The van der Waals surface area contributed by atoms with E-state index in [0.717, 1.165) is 31.9 Å². The maximum Gasteiger partial charge on any atom is 0.276 e. The van der Waals surface area contributed by atoms with Gasteiger partial charge in [-0.25, -0.2) is 0 Å². The minimum Gasteiger partial charge on any atom is -0.493 e. The lowest BCUT2D eigenvalue weighted by molar-refractivity contribution is -0.385. The van der Waals surface area contributed by atoms with E-state index < -0.39 is 11.0 Å². The van der Waals surface area contributed by atoms with Gasteiger partial charge in [0.2, 0.25) is 0 Å². The smallest absolute Gasteiger partial charge is 0.276 e. The van der Waals surface area contributed by atoms with Crippen LogP contribution in [0, 0.1) is 10.1 Å². The molecule has 2 aromatic carbocycles. The summed E-state index contributed by atoms with van der Waals surface area (Å²) in [5.41, 5.74) is 2.10. The molecule has 8 nitrogen and oxygen atoms in total. The fraction of sp³-hybridized carbons (Fsp3) is 0.400. The molecule has 1 aliphatic rings. The normalized spacial score (nSPS) is 15.2. The van der Waals surface area contributed by atoms with E-state index in [-0.39, 0.29) is 17.9 Å². The highest BCUT2D eigenvalue weighted by Crippen LogP contribution is 2.36. The van der Waals surface area contributed by atoms with Crippen LogP contribution in [0.2, 0.25) is 0 Å². The van der Waals surface area contributed by atoms with Crippen LogP contribution in [-0.2, 0) is 6.42 Å². The molecule has 3 rings (SSSR count). The highest BCUT2D eigenvalue weighted by molar-refractivity contribution is 5.55. The van der Waals surface area contributed by atoms with Crippen LogP contribution in [0.3, 0.4) is 0 Å². The molecule has 0 radical (unpaired) electrons. The van der Waals surface area contributed by atoms with Crippen LogP contribution in [0.4, 0.5) is 11.4 Å². The average Bonchev–Trinajstić information content (AvgIpc) is 2.73. The minimum absolute atomic E-state index is 0.101. The van der Waals surface area contributed by atoms with Crippen LogP contribution in [0.5, 0.6) is 11.5 Å². The van der Waals surface area contributed by atoms with Crippen molar-refractivity contribution in [2.75, 3.05) is 45.3 Å². The number of nitro benzene ring substituents is 1. The molecule has 0 bridgehead atoms. The van der Waals surface area contributed by atoms with Crippen LogP contribution < -0.4 is 19.7 Å². The number of nitrogens with one attached hydrogen (secondary N) is 1. The second-order valence-electron chi connectivity index (χ2n) is 6.64. The zero-order chi connectivity index (χ0) is 20.1. The lowest BCUT2D eigenvalue weighted by Gasteiger charge is -2.29. The zero-order valence-electron chi connectivity index (χ0n) is 16.1. The number of ether oxygens (including phenoxy) is 2. The third-order valence-electron chi connectivity index (χ3n) is 4.95. The summed E-state index contributed by atoms with van der Waals surface area (Å²) < 4.78 is 10.4. The van der Waals surface area contributed by atoms with Gasteiger partial charge < -0.3 is 24.8 Å². The quantitative estimate of drug-likeness (QED) is 0.556. The van der Waals surface area contributed by atoms with E-state index in [1.165, 1.54) is 20.3 Å². The van der Waals surface area contributed by atoms with Gasteiger partial charge in [-0.2, -0.15) is 0 Å². The number of piperazine rings is 1. The summed E-state index contributed by atoms with van der Waals surface area (Å²) in [6.07, 6.45) is -0.766. The lowest BCUT2D eigenvalue weighted by Crippen LogP contribution is -2.43. The zero-order valence-corrected chi connectivity index (χ0v) is 16.1. The van der Waals surface area contributed by atoms with E-state index >= 15 is 0 Å². The molecule has 8 heteroatoms. The molecular formula is C20H25N3O5. The SMILES string of the molecule is COc1cc(CC(O)c2ccc(N3CCNCC3)cc2)c([N+](=O)[O-])cc1OC. The van der Waals surface area contributed by atoms with Crippen molar-refractivity contribution < 1.29 is 19.5 Å². The van der Waals surface area contributed by atoms with E-state index in [0.29, 0.717) is 16.9 Å². The number of rotatable bonds is 7. The van der Waals surface area contributed by atoms with Gasteiger partial charge in [0.25, 0.3) is 5.69 Å². The molecule has 2 N–H and O–H groups in total. The van der Waals surface area contributed by atoms with Gasteiger partial charge in [-0.05, 0) is 23.8 Å². The van der Waals surface area contributed by atoms with E-state index in [1.54, 1.807) is 6.07 Å². The Morgan fingerprint density at radius 2 is 1.75 bits per heavy atom. The summed E-state index contributed by atoms with van der Waals surface area (Å²) in [5.74, 6) is 0.678. The van der Waals surface area contributed by atoms with E-state index in [4.69, 9.17) is 9.47 Å². The summed E-state index contributed by atoms with van der Waals surface area (Å²) in [6, 6.07) is 10.6. The van der Waals surface area contributed by atoms with Gasteiger partial charge in [0.05, 0.1) is 31.3 Å². The minimum atomic E-state index is -0.867. The first-order valence-corrected chi connectivity index (χ1v) is 9.16. The van der Waals surface area contributed by atoms with Crippen LogP contribution in [0.15, 0.2) is 36.4 Å². The molecule has 1 atom stereocenters. The second-order valence-corrected chi connectivity index (χ2v) is 6.64. The maximum absolute atomic E-state index is 11.4. The number of aliphatic hydroxyl groups excluding tert-OH is 1. The van der Waals surface area contributed by atoms with Gasteiger partial charge in [-0.1, -0.05) is 12.1 Å². The monoisotopic (exact) mass is 387 g/mol. The van der Waals surface area contributed by atoms with Crippen molar-refractivity contribution in [1.29, 1.82) is 0 Å². The molecule has 1 heterocycles. The number of methoxy groups -OCH3 is 2. The number of hydrogen-bond acceptors (Lipinski definition) is 7. The molecule has 0 aliphatic carbocycles. The first-order chi connectivity index (χ1) is 13.5. The molecule has 0 aromatic heterocycles. The van der Waals surface area contributed by atoms with Crippen LogP contribution >= 0.6 is 0 Å². The van der Waals surface area contributed by atoms with Gasteiger partial charge in [-0.15, -0.1) is 0 Å². The predicted molar refractivity (Wildman–Crippen MR) is 106 cm³/mol. The fourth-order valence-electron chi connectivity index (χ4n) is 3.40. The third-order valence-corrected chi connectivity index (χ3v) is 4.95. The van der Waals surface area contributed by atoms with Crippen molar-refractivity contribution in [3.05, 3.63) is 57.6 Å². The first-order valence-electron chi connectivity index (χ1n) is 9.16. The third kappa shape index (κ3) is 4.35. The summed E-state index contributed by atoms with van der Waals surface area (Å²) in [5, 5.41) is 25.4. The van der Waals surface area contributed by atoms with Crippen molar-refractivity contribution in [2.45, 2.75) is 12.5 Å². The molecular weight excluding hydrogens is 362 g/mol. The fourth-order valence-corrected chi connectivity index (χ4v) is 3.40. The average molecular weight is 387 g/mol. The van der Waals surface area contributed by atoms with Crippen molar-refractivity contribution >= 4 is 11.4 Å². The van der Waals surface area contributed by atoms with Gasteiger partial charge >= 0.3 is 0 Å². The molecule has 0 amide bonds. The Morgan fingerprint density at radius 3 is 2.32 bits per heavy atom. The molecule has 0 saturated carbocycles. The number of nitrogens with zero attached hydrogens (tertiary/aromatic N) is 2. The Hall–Kier alpha value is -2.84. The topological polar surface area (TPSA) is 97.1 Å². The summed E-state index contributed by atoms with van der Waals surface area (Å²) >= 11 is 0. The Kier molecular flexibility index (Phi) is 6.33. The number of benzene rings is 2. The predicted octanol–water partition coefficient (Wildman–Crippen LogP) is 2.30. The lowest BCUT2D eigenvalue weighted by atomic mass is 9.99. The number of aliphatic hydroxyl groups is 1. The Labute approximate surface area is 163 Å². The molecule has 0 spiro atoms. The first kappa shape index (κ1) is 19.9. The van der Waals surface area contributed by atoms with Crippen molar-refractivity contribution in [1.82, 2.24) is 5.32 Å². The Morgan fingerprint density at radius 1 is 1.14 bits per heavy atom. The van der Waals surface area contributed by atoms with Crippen LogP contribution in [-0.4, -0.2) is 50.4 Å². The summed E-state index contributed by atoms with van der Waals surface area (Å²) in [4.78, 5) is 13.3. The Balaban J connectivity index is 1.80. The molecule has 1 unspecified atom stereocenters. The molecule has 2 aromatic rings. The molecule has 150 valence electrons. The standard InChI is InChI=1S/C20H25N3O5/c1-27-19-12-15(17(23(25)26)13-20(19)28-2)11-18(24)14-3-5-16(6-4-14)22-9-7-21-8-10-22/h3-6,12-13,18,21,24H,7-11H2,1-2H3. The van der Waals surface area contributed by atoms with Gasteiger partial charge in [0.1, 0.15) is 0 Å². The molecule has 1 saturated heterocycles. The van der Waals surface area contributed by atoms with Gasteiger partial charge in [0.15, 0.2) is 11.5 Å². The van der Waals surface area contributed by atoms with E-state index in [1.807, 2.05) is 24.3 Å². The van der Waals surface area contributed by atoms with Crippen molar-refractivity contribution in [2.24, 2.45) is 0 Å². The van der Waals surface area contributed by atoms with Crippen molar-refractivity contribution in [3.63, 3.8) is 0 Å². The highest BCUT2D eigenvalue weighted by Gasteiger charge is 2.22. The summed E-state index contributed by atoms with van der Waals surface area (Å²) in [6.45, 7) is 3.79. The number of anilines is 1. The second kappa shape index (κ2) is 8.90. The number of nitro groups is 1. The summed E-state index contributed by atoms with van der Waals surface area (Å²) in [7, 11) is 2.90. The van der Waals surface area contributed by atoms with Gasteiger partial charge in [-0.3, -0.25) is 10.1 Å². The Bertz CT molecular complexity index is 819. The van der Waals surface area contributed by atoms with Gasteiger partial charge in [0, 0.05) is 43.9 Å². The van der Waals surface area contributed by atoms with Crippen LogP contribution in [0.25, 0.3) is 0 Å². The number of hydrogen-bond donors (Lipinski definition) is 2. The molecule has 28 heavy (non-hydrogen) atoms. The highest BCUT2D eigenvalue weighted by atomic mass is 16.6. The molecule has 1 aliphatic heterocycles. The largest absolute Gasteiger partial charge is 0.493 e. The van der Waals surface area contributed by atoms with Crippen molar-refractivity contribution in [3.8, 4) is 11.5 Å².